The molecule has 0 bridgehead atoms. The lowest BCUT2D eigenvalue weighted by Gasteiger charge is -2.16. The Kier molecular flexibility index (Phi) is 5.18. The maximum Gasteiger partial charge on any atom is 0.265 e. The number of hydrogen-bond donors (Lipinski definition) is 1. The Morgan fingerprint density at radius 2 is 1.95 bits per heavy atom. The van der Waals surface area contributed by atoms with Crippen LogP contribution >= 0.6 is 11.3 Å². The summed E-state index contributed by atoms with van der Waals surface area (Å²) in [6.07, 6.45) is 3.15. The molecule has 1 amide bonds. The van der Waals surface area contributed by atoms with E-state index in [1.807, 2.05) is 18.5 Å². The Hall–Kier alpha value is -1.81. The standard InChI is InChI=1S/C16H20N2OS/c1-18(16(19)15-14(17)10-12-20-15)11-6-5-9-13-7-3-2-4-8-13/h2-4,7-8,10,12H,5-6,9,11,17H2,1H3. The zero-order chi connectivity index (χ0) is 14.4. The lowest BCUT2D eigenvalue weighted by molar-refractivity contribution is 0.0798. The van der Waals surface area contributed by atoms with E-state index >= 15 is 0 Å². The van der Waals surface area contributed by atoms with Gasteiger partial charge in [0.2, 0.25) is 0 Å². The summed E-state index contributed by atoms with van der Waals surface area (Å²) >= 11 is 1.41. The maximum absolute atomic E-state index is 12.1. The molecule has 0 atom stereocenters. The van der Waals surface area contributed by atoms with Gasteiger partial charge in [-0.3, -0.25) is 4.79 Å². The SMILES string of the molecule is CN(CCCCc1ccccc1)C(=O)c1sccc1N. The van der Waals surface area contributed by atoms with E-state index < -0.39 is 0 Å². The number of thiophene rings is 1. The third kappa shape index (κ3) is 3.84. The fourth-order valence-corrected chi connectivity index (χ4v) is 2.90. The molecule has 106 valence electrons. The van der Waals surface area contributed by atoms with Crippen LogP contribution in [0.4, 0.5) is 5.69 Å². The number of anilines is 1. The van der Waals surface area contributed by atoms with Crippen molar-refractivity contribution < 1.29 is 4.79 Å². The van der Waals surface area contributed by atoms with Crippen molar-refractivity contribution in [1.29, 1.82) is 0 Å². The van der Waals surface area contributed by atoms with E-state index in [1.54, 1.807) is 11.0 Å². The zero-order valence-corrected chi connectivity index (χ0v) is 12.5. The summed E-state index contributed by atoms with van der Waals surface area (Å²) in [5.41, 5.74) is 7.70. The molecule has 3 nitrogen and oxygen atoms in total. The summed E-state index contributed by atoms with van der Waals surface area (Å²) in [7, 11) is 1.84. The highest BCUT2D eigenvalue weighted by molar-refractivity contribution is 7.12. The summed E-state index contributed by atoms with van der Waals surface area (Å²) in [6, 6.07) is 12.2. The number of unbranched alkanes of at least 4 members (excludes halogenated alkanes) is 1. The van der Waals surface area contributed by atoms with Gasteiger partial charge in [-0.25, -0.2) is 0 Å². The first-order chi connectivity index (χ1) is 9.68. The minimum Gasteiger partial charge on any atom is -0.397 e. The van der Waals surface area contributed by atoms with Crippen molar-refractivity contribution in [1.82, 2.24) is 4.90 Å². The van der Waals surface area contributed by atoms with Crippen LogP contribution in [0.5, 0.6) is 0 Å². The van der Waals surface area contributed by atoms with E-state index in [-0.39, 0.29) is 5.91 Å². The summed E-state index contributed by atoms with van der Waals surface area (Å²) in [6.45, 7) is 0.767. The van der Waals surface area contributed by atoms with E-state index in [0.717, 1.165) is 25.8 Å². The van der Waals surface area contributed by atoms with Crippen LogP contribution in [0.1, 0.15) is 28.1 Å². The quantitative estimate of drug-likeness (QED) is 0.828. The Bertz CT molecular complexity index is 551. The molecule has 1 heterocycles. The minimum absolute atomic E-state index is 0.0252. The monoisotopic (exact) mass is 288 g/mol. The van der Waals surface area contributed by atoms with Gasteiger partial charge in [0.05, 0.1) is 5.69 Å². The van der Waals surface area contributed by atoms with Crippen LogP contribution in [0.15, 0.2) is 41.8 Å². The fraction of sp³-hybridized carbons (Fsp3) is 0.312. The normalized spacial score (nSPS) is 10.4. The van der Waals surface area contributed by atoms with Gasteiger partial charge in [-0.15, -0.1) is 11.3 Å². The summed E-state index contributed by atoms with van der Waals surface area (Å²) in [5, 5.41) is 1.85. The van der Waals surface area contributed by atoms with Gasteiger partial charge in [0.15, 0.2) is 0 Å². The van der Waals surface area contributed by atoms with Crippen LogP contribution < -0.4 is 5.73 Å². The van der Waals surface area contributed by atoms with E-state index in [9.17, 15) is 4.79 Å². The summed E-state index contributed by atoms with van der Waals surface area (Å²) in [5.74, 6) is 0.0252. The molecule has 0 saturated heterocycles. The molecule has 2 rings (SSSR count). The molecule has 0 unspecified atom stereocenters. The van der Waals surface area contributed by atoms with Gasteiger partial charge in [-0.2, -0.15) is 0 Å². The van der Waals surface area contributed by atoms with Crippen molar-refractivity contribution in [2.24, 2.45) is 0 Å². The molecule has 1 aromatic heterocycles. The Balaban J connectivity index is 1.74. The molecular formula is C16H20N2OS. The highest BCUT2D eigenvalue weighted by atomic mass is 32.1. The highest BCUT2D eigenvalue weighted by Crippen LogP contribution is 2.20. The van der Waals surface area contributed by atoms with Gasteiger partial charge in [0, 0.05) is 13.6 Å². The predicted molar refractivity (Wildman–Crippen MR) is 85.1 cm³/mol. The molecule has 0 spiro atoms. The van der Waals surface area contributed by atoms with Crippen LogP contribution in [0, 0.1) is 0 Å². The van der Waals surface area contributed by atoms with Crippen LogP contribution in [0.3, 0.4) is 0 Å². The van der Waals surface area contributed by atoms with Crippen molar-refractivity contribution in [3.05, 3.63) is 52.2 Å². The smallest absolute Gasteiger partial charge is 0.265 e. The molecule has 4 heteroatoms. The van der Waals surface area contributed by atoms with E-state index in [2.05, 4.69) is 24.3 Å². The van der Waals surface area contributed by atoms with Gasteiger partial charge < -0.3 is 10.6 Å². The van der Waals surface area contributed by atoms with E-state index in [1.165, 1.54) is 16.9 Å². The van der Waals surface area contributed by atoms with Gasteiger partial charge in [-0.05, 0) is 36.3 Å². The molecule has 0 aliphatic heterocycles. The Labute approximate surface area is 124 Å². The predicted octanol–water partition coefficient (Wildman–Crippen LogP) is 3.43. The number of amides is 1. The van der Waals surface area contributed by atoms with Crippen molar-refractivity contribution >= 4 is 22.9 Å². The molecular weight excluding hydrogens is 268 g/mol. The molecule has 1 aromatic carbocycles. The number of rotatable bonds is 6. The Morgan fingerprint density at radius 1 is 1.20 bits per heavy atom. The number of carbonyl (C=O) groups excluding carboxylic acids is 1. The van der Waals surface area contributed by atoms with Gasteiger partial charge in [-0.1, -0.05) is 30.3 Å². The molecule has 0 aliphatic carbocycles. The molecule has 2 aromatic rings. The highest BCUT2D eigenvalue weighted by Gasteiger charge is 2.15. The topological polar surface area (TPSA) is 46.3 Å². The lowest BCUT2D eigenvalue weighted by Crippen LogP contribution is -2.27. The molecule has 0 aliphatic rings. The first-order valence-corrected chi connectivity index (χ1v) is 7.69. The first kappa shape index (κ1) is 14.6. The summed E-state index contributed by atoms with van der Waals surface area (Å²) < 4.78 is 0. The fourth-order valence-electron chi connectivity index (χ4n) is 2.09. The number of nitrogens with two attached hydrogens (primary N) is 1. The zero-order valence-electron chi connectivity index (χ0n) is 11.7. The maximum atomic E-state index is 12.1. The van der Waals surface area contributed by atoms with Crippen molar-refractivity contribution in [2.75, 3.05) is 19.3 Å². The van der Waals surface area contributed by atoms with Crippen molar-refractivity contribution in [3.63, 3.8) is 0 Å². The van der Waals surface area contributed by atoms with E-state index in [4.69, 9.17) is 5.73 Å². The van der Waals surface area contributed by atoms with Crippen LogP contribution in [-0.2, 0) is 6.42 Å². The minimum atomic E-state index is 0.0252. The van der Waals surface area contributed by atoms with Gasteiger partial charge >= 0.3 is 0 Å². The second kappa shape index (κ2) is 7.10. The van der Waals surface area contributed by atoms with Crippen molar-refractivity contribution in [3.8, 4) is 0 Å². The average molecular weight is 288 g/mol. The van der Waals surface area contributed by atoms with E-state index in [0.29, 0.717) is 10.6 Å². The molecule has 0 radical (unpaired) electrons. The van der Waals surface area contributed by atoms with Crippen LogP contribution in [0.2, 0.25) is 0 Å². The Morgan fingerprint density at radius 3 is 2.60 bits per heavy atom. The van der Waals surface area contributed by atoms with Crippen LogP contribution in [-0.4, -0.2) is 24.4 Å². The summed E-state index contributed by atoms with van der Waals surface area (Å²) in [4.78, 5) is 14.6. The van der Waals surface area contributed by atoms with Gasteiger partial charge in [0.1, 0.15) is 4.88 Å². The number of carbonyl (C=O) groups is 1. The number of hydrogen-bond acceptors (Lipinski definition) is 3. The molecule has 20 heavy (non-hydrogen) atoms. The molecule has 2 N–H and O–H groups in total. The third-order valence-corrected chi connectivity index (χ3v) is 4.21. The number of benzene rings is 1. The second-order valence-corrected chi connectivity index (χ2v) is 5.79. The average Bonchev–Trinajstić information content (AvgIpc) is 2.90. The molecule has 0 saturated carbocycles. The molecule has 0 fully saturated rings. The third-order valence-electron chi connectivity index (χ3n) is 3.29. The number of nitrogen functional groups attached to an aromatic ring is 1. The second-order valence-electron chi connectivity index (χ2n) is 4.87. The number of aryl methyl sites for hydroxylation is 1. The van der Waals surface area contributed by atoms with Crippen molar-refractivity contribution in [2.45, 2.75) is 19.3 Å². The largest absolute Gasteiger partial charge is 0.397 e. The van der Waals surface area contributed by atoms with Crippen LogP contribution in [0.25, 0.3) is 0 Å². The van der Waals surface area contributed by atoms with Gasteiger partial charge in [0.25, 0.3) is 5.91 Å². The first-order valence-electron chi connectivity index (χ1n) is 6.81. The number of nitrogens with zero attached hydrogens (tertiary/aromatic N) is 1. The lowest BCUT2D eigenvalue weighted by atomic mass is 10.1.